The number of aliphatic hydroxyl groups excluding tert-OH is 1. The van der Waals surface area contributed by atoms with E-state index in [1.807, 2.05) is 44.2 Å². The highest BCUT2D eigenvalue weighted by Crippen LogP contribution is 2.33. The number of nitrogens with zero attached hydrogens (tertiary/aromatic N) is 2. The van der Waals surface area contributed by atoms with Crippen molar-refractivity contribution in [2.24, 2.45) is 11.8 Å². The second-order valence-electron chi connectivity index (χ2n) is 12.2. The fourth-order valence-electron chi connectivity index (χ4n) is 5.89. The molecular formula is C33H40N4O9S. The van der Waals surface area contributed by atoms with Crippen molar-refractivity contribution in [1.82, 2.24) is 15.2 Å². The quantitative estimate of drug-likeness (QED) is 0.245. The molecule has 5 atom stereocenters. The third-order valence-corrected chi connectivity index (χ3v) is 10.1. The first-order valence-corrected chi connectivity index (χ1v) is 17.1. The van der Waals surface area contributed by atoms with Gasteiger partial charge in [-0.2, -0.15) is 4.31 Å². The summed E-state index contributed by atoms with van der Waals surface area (Å²) < 4.78 is 51.4. The van der Waals surface area contributed by atoms with Crippen LogP contribution in [0.5, 0.6) is 0 Å². The van der Waals surface area contributed by atoms with E-state index in [2.05, 4.69) is 10.9 Å². The fourth-order valence-corrected chi connectivity index (χ4v) is 7.51. The van der Waals surface area contributed by atoms with Crippen LogP contribution in [0.25, 0.3) is 5.76 Å². The van der Waals surface area contributed by atoms with Crippen molar-refractivity contribution in [2.75, 3.05) is 31.3 Å². The Morgan fingerprint density at radius 3 is 2.60 bits per heavy atom. The van der Waals surface area contributed by atoms with Crippen LogP contribution in [-0.4, -0.2) is 74.8 Å². The summed E-state index contributed by atoms with van der Waals surface area (Å²) in [4.78, 5) is 18.6. The number of hydrogen-bond acceptors (Lipinski definition) is 11. The molecule has 1 amide bonds. The lowest BCUT2D eigenvalue weighted by atomic mass is 10.0. The molecule has 0 saturated carbocycles. The van der Waals surface area contributed by atoms with Crippen molar-refractivity contribution in [3.63, 3.8) is 0 Å². The van der Waals surface area contributed by atoms with Gasteiger partial charge in [-0.05, 0) is 60.7 Å². The maximum absolute atomic E-state index is 14.0. The Balaban J connectivity index is 1.16. The number of aliphatic hydroxyl groups is 1. The summed E-state index contributed by atoms with van der Waals surface area (Å²) in [6.07, 6.45) is 1.42. The zero-order valence-electron chi connectivity index (χ0n) is 26.2. The topological polar surface area (TPSA) is 152 Å². The number of furan rings is 1. The van der Waals surface area contributed by atoms with Gasteiger partial charge in [0.25, 0.3) is 0 Å². The molecule has 0 unspecified atom stereocenters. The predicted molar refractivity (Wildman–Crippen MR) is 171 cm³/mol. The fraction of sp³-hybridized carbons (Fsp3) is 0.424. The largest absolute Gasteiger partial charge is 0.461 e. The molecule has 2 saturated heterocycles. The van der Waals surface area contributed by atoms with Crippen LogP contribution in [0.2, 0.25) is 0 Å². The van der Waals surface area contributed by atoms with Gasteiger partial charge in [-0.3, -0.25) is 0 Å². The number of amides is 1. The summed E-state index contributed by atoms with van der Waals surface area (Å²) in [5, 5.41) is 16.0. The Bertz CT molecular complexity index is 1620. The third-order valence-electron chi connectivity index (χ3n) is 8.29. The van der Waals surface area contributed by atoms with Crippen LogP contribution in [0.1, 0.15) is 31.6 Å². The average Bonchev–Trinajstić information content (AvgIpc) is 3.87. The monoisotopic (exact) mass is 668 g/mol. The van der Waals surface area contributed by atoms with Crippen LogP contribution in [0, 0.1) is 11.8 Å². The molecule has 6 rings (SSSR count). The molecule has 13 nitrogen and oxygen atoms in total. The molecule has 0 radical (unpaired) electrons. The van der Waals surface area contributed by atoms with Gasteiger partial charge in [0.2, 0.25) is 15.8 Å². The number of anilines is 1. The number of benzene rings is 2. The molecule has 3 aliphatic heterocycles. The van der Waals surface area contributed by atoms with Crippen LogP contribution in [0.3, 0.4) is 0 Å². The Hall–Kier alpha value is -3.92. The number of rotatable bonds is 13. The van der Waals surface area contributed by atoms with E-state index in [4.69, 9.17) is 23.5 Å². The molecule has 3 aliphatic rings. The molecule has 3 N–H and O–H groups in total. The number of alkyl carbamates (subject to hydrolysis) is 1. The van der Waals surface area contributed by atoms with E-state index in [1.54, 1.807) is 41.7 Å². The van der Waals surface area contributed by atoms with Crippen LogP contribution in [-0.2, 0) is 35.5 Å². The van der Waals surface area contributed by atoms with Gasteiger partial charge in [0.15, 0.2) is 12.1 Å². The lowest BCUT2D eigenvalue weighted by Gasteiger charge is -2.31. The van der Waals surface area contributed by atoms with Gasteiger partial charge in [0.1, 0.15) is 6.10 Å². The van der Waals surface area contributed by atoms with Gasteiger partial charge in [-0.1, -0.05) is 49.8 Å². The van der Waals surface area contributed by atoms with Gasteiger partial charge in [-0.25, -0.2) is 18.2 Å². The van der Waals surface area contributed by atoms with E-state index in [0.717, 1.165) is 12.0 Å². The van der Waals surface area contributed by atoms with Gasteiger partial charge < -0.3 is 33.9 Å². The molecular weight excluding hydrogens is 628 g/mol. The van der Waals surface area contributed by atoms with Gasteiger partial charge in [0.05, 0.1) is 54.3 Å². The highest BCUT2D eigenvalue weighted by atomic mass is 32.2. The van der Waals surface area contributed by atoms with Gasteiger partial charge >= 0.3 is 6.09 Å². The van der Waals surface area contributed by atoms with Gasteiger partial charge in [0, 0.05) is 13.1 Å². The number of hydrogen-bond donors (Lipinski definition) is 3. The highest BCUT2D eigenvalue weighted by Gasteiger charge is 2.44. The first-order valence-electron chi connectivity index (χ1n) is 15.7. The number of nitrogens with one attached hydrogen (secondary N) is 2. The Labute approximate surface area is 274 Å². The van der Waals surface area contributed by atoms with Crippen LogP contribution >= 0.6 is 0 Å². The first-order chi connectivity index (χ1) is 22.7. The minimum absolute atomic E-state index is 0.0400. The second-order valence-corrected chi connectivity index (χ2v) is 14.2. The maximum atomic E-state index is 14.0. The smallest absolute Gasteiger partial charge is 0.407 e. The van der Waals surface area contributed by atoms with Crippen LogP contribution in [0.4, 0.5) is 10.5 Å². The normalized spacial score (nSPS) is 22.2. The number of hydrazine groups is 1. The molecule has 252 valence electrons. The second kappa shape index (κ2) is 14.5. The summed E-state index contributed by atoms with van der Waals surface area (Å²) in [5.41, 5.74) is 4.25. The van der Waals surface area contributed by atoms with Crippen molar-refractivity contribution in [1.29, 1.82) is 0 Å². The molecule has 0 spiro atoms. The SMILES string of the molecule is CC(C)CN(C[C@@H](O)[C@H](Cc1ccccc1)NC(=O)O[C@H]1CO[C@H]2OCC[C@H]21)S(=O)(=O)c1ccc(N2C=C(c3ccco3)ON2)cc1. The van der Waals surface area contributed by atoms with E-state index in [0.29, 0.717) is 23.8 Å². The molecule has 0 aliphatic carbocycles. The number of sulfonamides is 1. The molecule has 2 fully saturated rings. The zero-order chi connectivity index (χ0) is 33.0. The number of carbonyl (C=O) groups excluding carboxylic acids is 1. The summed E-state index contributed by atoms with van der Waals surface area (Å²) in [5.74, 6) is 0.931. The molecule has 1 aromatic heterocycles. The first kappa shape index (κ1) is 33.0. The molecule has 14 heteroatoms. The highest BCUT2D eigenvalue weighted by molar-refractivity contribution is 7.89. The maximum Gasteiger partial charge on any atom is 0.407 e. The minimum Gasteiger partial charge on any atom is -0.461 e. The van der Waals surface area contributed by atoms with Crippen molar-refractivity contribution in [3.8, 4) is 0 Å². The number of ether oxygens (including phenoxy) is 3. The minimum atomic E-state index is -4.04. The Morgan fingerprint density at radius 1 is 1.09 bits per heavy atom. The summed E-state index contributed by atoms with van der Waals surface area (Å²) in [7, 11) is -4.04. The zero-order valence-corrected chi connectivity index (χ0v) is 27.0. The van der Waals surface area contributed by atoms with E-state index < -0.39 is 34.4 Å². The lowest BCUT2D eigenvalue weighted by Crippen LogP contribution is -2.51. The van der Waals surface area contributed by atoms with Crippen LogP contribution < -0.4 is 15.9 Å². The predicted octanol–water partition coefficient (Wildman–Crippen LogP) is 3.64. The molecule has 4 heterocycles. The molecule has 47 heavy (non-hydrogen) atoms. The Kier molecular flexibility index (Phi) is 10.2. The van der Waals surface area contributed by atoms with Gasteiger partial charge in [-0.15, -0.1) is 0 Å². The number of carbonyl (C=O) groups is 1. The standard InChI is InChI=1S/C33H40N4O9S/c1-22(2)18-36(47(40,41)25-12-10-24(11-13-25)37-20-30(46-35-37)29-9-6-15-42-29)19-28(38)27(17-23-7-4-3-5-8-23)34-33(39)45-31-21-44-32-26(31)14-16-43-32/h3-13,15,20,22,26-28,31-32,35,38H,14,16-19,21H2,1-2H3,(H,34,39)/t26-,27-,28+,31-,32+/m0/s1. The molecule has 2 aromatic carbocycles. The van der Waals surface area contributed by atoms with Crippen LogP contribution in [0.15, 0.2) is 88.5 Å². The lowest BCUT2D eigenvalue weighted by molar-refractivity contribution is -0.0907. The van der Waals surface area contributed by atoms with Crippen molar-refractivity contribution in [3.05, 3.63) is 90.5 Å². The van der Waals surface area contributed by atoms with E-state index in [1.165, 1.54) is 16.4 Å². The summed E-state index contributed by atoms with van der Waals surface area (Å²) >= 11 is 0. The summed E-state index contributed by atoms with van der Waals surface area (Å²) in [6, 6.07) is 18.4. The van der Waals surface area contributed by atoms with Crippen molar-refractivity contribution in [2.45, 2.75) is 56.1 Å². The average molecular weight is 669 g/mol. The summed E-state index contributed by atoms with van der Waals surface area (Å²) in [6.45, 7) is 4.49. The number of fused-ring (bicyclic) bond motifs is 1. The molecule has 3 aromatic rings. The van der Waals surface area contributed by atoms with Crippen molar-refractivity contribution >= 4 is 27.6 Å². The Morgan fingerprint density at radius 2 is 1.87 bits per heavy atom. The van der Waals surface area contributed by atoms with E-state index >= 15 is 0 Å². The van der Waals surface area contributed by atoms with E-state index in [-0.39, 0.29) is 49.1 Å². The third kappa shape index (κ3) is 7.80. The van der Waals surface area contributed by atoms with E-state index in [9.17, 15) is 18.3 Å². The van der Waals surface area contributed by atoms with Crippen molar-refractivity contribution < 1.29 is 41.8 Å². The molecule has 0 bridgehead atoms.